The lowest BCUT2D eigenvalue weighted by molar-refractivity contribution is -0.142. The zero-order valence-electron chi connectivity index (χ0n) is 7.58. The van der Waals surface area contributed by atoms with Crippen LogP contribution in [0, 0.1) is 0 Å². The third-order valence-electron chi connectivity index (χ3n) is 1.47. The van der Waals surface area contributed by atoms with Crippen molar-refractivity contribution < 1.29 is 27.9 Å². The molecule has 15 heavy (non-hydrogen) atoms. The summed E-state index contributed by atoms with van der Waals surface area (Å²) in [6.45, 7) is 1.48. The summed E-state index contributed by atoms with van der Waals surface area (Å²) in [4.78, 5) is 10.8. The van der Waals surface area contributed by atoms with Crippen molar-refractivity contribution in [3.63, 3.8) is 0 Å². The molecule has 0 atom stereocenters. The predicted molar refractivity (Wildman–Crippen MR) is 40.4 cm³/mol. The average Bonchev–Trinajstić information content (AvgIpc) is 2.47. The van der Waals surface area contributed by atoms with E-state index in [1.807, 2.05) is 0 Å². The van der Waals surface area contributed by atoms with Gasteiger partial charge in [-0.2, -0.15) is 13.2 Å². The number of carbonyl (C=O) groups is 1. The third-order valence-corrected chi connectivity index (χ3v) is 1.47. The van der Waals surface area contributed by atoms with Crippen molar-refractivity contribution in [2.45, 2.75) is 13.1 Å². The highest BCUT2D eigenvalue weighted by atomic mass is 19.4. The summed E-state index contributed by atoms with van der Waals surface area (Å²) in [5.74, 6) is -1.07. The summed E-state index contributed by atoms with van der Waals surface area (Å²) in [5, 5.41) is 11.6. The summed E-state index contributed by atoms with van der Waals surface area (Å²) in [6.07, 6.45) is -4.71. The van der Waals surface area contributed by atoms with Crippen LogP contribution in [0.1, 0.15) is 23.1 Å². The van der Waals surface area contributed by atoms with Gasteiger partial charge in [0.1, 0.15) is 0 Å². The van der Waals surface area contributed by atoms with Crippen molar-refractivity contribution in [2.24, 2.45) is 0 Å². The molecule has 1 N–H and O–H groups in total. The fraction of sp³-hybridized carbons (Fsp3) is 0.429. The minimum atomic E-state index is -4.71. The van der Waals surface area contributed by atoms with Gasteiger partial charge in [0.25, 0.3) is 0 Å². The Bertz CT molecular complexity index is 372. The molecule has 0 amide bonds. The van der Waals surface area contributed by atoms with Gasteiger partial charge < -0.3 is 9.94 Å². The van der Waals surface area contributed by atoms with Gasteiger partial charge in [-0.1, -0.05) is 4.85 Å². The van der Waals surface area contributed by atoms with Crippen molar-refractivity contribution in [3.05, 3.63) is 17.5 Å². The monoisotopic (exact) mass is 224 g/mol. The predicted octanol–water partition coefficient (Wildman–Crippen LogP) is 1.32. The Morgan fingerprint density at radius 2 is 2.27 bits per heavy atom. The fourth-order valence-corrected chi connectivity index (χ4v) is 0.856. The van der Waals surface area contributed by atoms with Crippen molar-refractivity contribution in [1.29, 1.82) is 0 Å². The molecule has 1 rings (SSSR count). The summed E-state index contributed by atoms with van der Waals surface area (Å²) in [5.41, 5.74) is -2.02. The molecule has 0 unspecified atom stereocenters. The molecule has 0 radical (unpaired) electrons. The zero-order valence-corrected chi connectivity index (χ0v) is 7.58. The maximum Gasteiger partial charge on any atom is 0.435 e. The zero-order chi connectivity index (χ0) is 11.6. The molecule has 0 saturated carbocycles. The molecule has 0 aliphatic heterocycles. The number of alkyl halides is 3. The number of aromatic nitrogens is 2. The second kappa shape index (κ2) is 3.79. The maximum absolute atomic E-state index is 12.1. The Kier molecular flexibility index (Phi) is 2.87. The third kappa shape index (κ3) is 2.39. The standard InChI is InChI=1S/C7H7F3N2O3/c1-2-15-6(13)4-3-5(7(8,9)10)11-12(4)14/h3,14H,2H2,1H3. The number of hydrogen-bond donors (Lipinski definition) is 1. The summed E-state index contributed by atoms with van der Waals surface area (Å²) >= 11 is 0. The molecular formula is C7H7F3N2O3. The van der Waals surface area contributed by atoms with Crippen LogP contribution in [0.5, 0.6) is 0 Å². The largest absolute Gasteiger partial charge is 0.461 e. The molecular weight excluding hydrogens is 217 g/mol. The van der Waals surface area contributed by atoms with Crippen LogP contribution in [0.15, 0.2) is 6.07 Å². The molecule has 0 aliphatic rings. The Labute approximate surface area is 82.0 Å². The van der Waals surface area contributed by atoms with E-state index in [0.717, 1.165) is 0 Å². The normalized spacial score (nSPS) is 11.5. The lowest BCUT2D eigenvalue weighted by atomic mass is 10.3. The van der Waals surface area contributed by atoms with Crippen molar-refractivity contribution in [3.8, 4) is 0 Å². The van der Waals surface area contributed by atoms with E-state index in [1.54, 1.807) is 0 Å². The van der Waals surface area contributed by atoms with E-state index in [-0.39, 0.29) is 11.5 Å². The van der Waals surface area contributed by atoms with Gasteiger partial charge in [0.05, 0.1) is 6.61 Å². The van der Waals surface area contributed by atoms with Crippen LogP contribution in [0.3, 0.4) is 0 Å². The number of rotatable bonds is 2. The first kappa shape index (κ1) is 11.3. The van der Waals surface area contributed by atoms with E-state index >= 15 is 0 Å². The van der Waals surface area contributed by atoms with Crippen LogP contribution in [0.2, 0.25) is 0 Å². The van der Waals surface area contributed by atoms with E-state index in [9.17, 15) is 18.0 Å². The molecule has 84 valence electrons. The van der Waals surface area contributed by atoms with Gasteiger partial charge >= 0.3 is 12.1 Å². The smallest absolute Gasteiger partial charge is 0.435 e. The molecule has 0 spiro atoms. The topological polar surface area (TPSA) is 64.3 Å². The molecule has 0 aliphatic carbocycles. The molecule has 8 heteroatoms. The van der Waals surface area contributed by atoms with Crippen molar-refractivity contribution in [1.82, 2.24) is 9.94 Å². The number of esters is 1. The van der Waals surface area contributed by atoms with Crippen LogP contribution < -0.4 is 0 Å². The molecule has 5 nitrogen and oxygen atoms in total. The lowest BCUT2D eigenvalue weighted by Gasteiger charge is -1.98. The first-order valence-corrected chi connectivity index (χ1v) is 3.90. The number of hydrogen-bond acceptors (Lipinski definition) is 4. The Balaban J connectivity index is 3.02. The molecule has 0 fully saturated rings. The van der Waals surface area contributed by atoms with Crippen LogP contribution in [-0.2, 0) is 10.9 Å². The SMILES string of the molecule is CCOC(=O)c1cc(C(F)(F)F)nn1O. The average molecular weight is 224 g/mol. The van der Waals surface area contributed by atoms with Crippen molar-refractivity contribution >= 4 is 5.97 Å². The molecule has 0 aromatic carbocycles. The number of nitrogens with zero attached hydrogens (tertiary/aromatic N) is 2. The Morgan fingerprint density at radius 3 is 2.67 bits per heavy atom. The highest BCUT2D eigenvalue weighted by Gasteiger charge is 2.36. The number of halogens is 3. The van der Waals surface area contributed by atoms with Crippen molar-refractivity contribution in [2.75, 3.05) is 6.61 Å². The summed E-state index contributed by atoms with van der Waals surface area (Å²) in [7, 11) is 0. The first-order valence-electron chi connectivity index (χ1n) is 3.90. The van der Waals surface area contributed by atoms with Gasteiger partial charge in [-0.15, -0.1) is 5.10 Å². The molecule has 1 heterocycles. The molecule has 1 aromatic rings. The molecule has 1 aromatic heterocycles. The van der Waals surface area contributed by atoms with Gasteiger partial charge in [-0.3, -0.25) is 0 Å². The van der Waals surface area contributed by atoms with Crippen LogP contribution in [-0.4, -0.2) is 27.7 Å². The van der Waals surface area contributed by atoms with E-state index in [4.69, 9.17) is 5.21 Å². The van der Waals surface area contributed by atoms with Gasteiger partial charge in [0.15, 0.2) is 11.4 Å². The highest BCUT2D eigenvalue weighted by Crippen LogP contribution is 2.28. The minimum Gasteiger partial charge on any atom is -0.461 e. The quantitative estimate of drug-likeness (QED) is 0.607. The van der Waals surface area contributed by atoms with Gasteiger partial charge in [-0.25, -0.2) is 4.79 Å². The van der Waals surface area contributed by atoms with Gasteiger partial charge in [0, 0.05) is 6.07 Å². The summed E-state index contributed by atoms with van der Waals surface area (Å²) in [6, 6.07) is 0.415. The molecule has 0 saturated heterocycles. The van der Waals surface area contributed by atoms with Crippen LogP contribution in [0.4, 0.5) is 13.2 Å². The van der Waals surface area contributed by atoms with Crippen LogP contribution in [0.25, 0.3) is 0 Å². The highest BCUT2D eigenvalue weighted by molar-refractivity contribution is 5.87. The lowest BCUT2D eigenvalue weighted by Crippen LogP contribution is -2.11. The van der Waals surface area contributed by atoms with Gasteiger partial charge in [-0.05, 0) is 6.92 Å². The fourth-order valence-electron chi connectivity index (χ4n) is 0.856. The number of carbonyl (C=O) groups excluding carboxylic acids is 1. The maximum atomic E-state index is 12.1. The van der Waals surface area contributed by atoms with E-state index < -0.39 is 23.5 Å². The second-order valence-electron chi connectivity index (χ2n) is 2.52. The Morgan fingerprint density at radius 1 is 1.67 bits per heavy atom. The first-order chi connectivity index (χ1) is 6.86. The number of ether oxygens (including phenoxy) is 1. The van der Waals surface area contributed by atoms with E-state index in [1.165, 1.54) is 6.92 Å². The van der Waals surface area contributed by atoms with E-state index in [0.29, 0.717) is 6.07 Å². The summed E-state index contributed by atoms with van der Waals surface area (Å²) < 4.78 is 40.7. The van der Waals surface area contributed by atoms with E-state index in [2.05, 4.69) is 9.84 Å². The molecule has 0 bridgehead atoms. The minimum absolute atomic E-state index is 0.00857. The van der Waals surface area contributed by atoms with Crippen LogP contribution >= 0.6 is 0 Å². The Hall–Kier alpha value is -1.73. The van der Waals surface area contributed by atoms with Gasteiger partial charge in [0.2, 0.25) is 0 Å². The second-order valence-corrected chi connectivity index (χ2v) is 2.52.